The van der Waals surface area contributed by atoms with Crippen LogP contribution >= 0.6 is 11.6 Å². The molecule has 0 saturated carbocycles. The summed E-state index contributed by atoms with van der Waals surface area (Å²) in [4.78, 5) is 8.38. The lowest BCUT2D eigenvalue weighted by atomic mass is 10.1. The zero-order chi connectivity index (χ0) is 19.7. The molecule has 1 aromatic carbocycles. The van der Waals surface area contributed by atoms with E-state index in [1.54, 1.807) is 6.07 Å². The first-order chi connectivity index (χ1) is 12.9. The predicted molar refractivity (Wildman–Crippen MR) is 108 cm³/mol. The highest BCUT2D eigenvalue weighted by atomic mass is 35.5. The minimum Gasteiger partial charge on any atom is -0.357 e. The monoisotopic (exact) mass is 409 g/mol. The van der Waals surface area contributed by atoms with E-state index in [0.29, 0.717) is 24.1 Å². The van der Waals surface area contributed by atoms with E-state index >= 15 is 0 Å². The Morgan fingerprint density at radius 2 is 2.00 bits per heavy atom. The minimum atomic E-state index is -3.58. The van der Waals surface area contributed by atoms with Gasteiger partial charge >= 0.3 is 0 Å². The Labute approximate surface area is 165 Å². The molecule has 0 spiro atoms. The van der Waals surface area contributed by atoms with Gasteiger partial charge in [0.1, 0.15) is 4.90 Å². The molecule has 27 heavy (non-hydrogen) atoms. The van der Waals surface area contributed by atoms with Crippen LogP contribution in [0.2, 0.25) is 5.02 Å². The second-order valence-electron chi connectivity index (χ2n) is 5.76. The van der Waals surface area contributed by atoms with Gasteiger partial charge in [-0.3, -0.25) is 9.98 Å². The third kappa shape index (κ3) is 6.82. The Morgan fingerprint density at radius 1 is 1.26 bits per heavy atom. The predicted octanol–water partition coefficient (Wildman–Crippen LogP) is 2.33. The summed E-state index contributed by atoms with van der Waals surface area (Å²) in [5.74, 6) is 0.612. The van der Waals surface area contributed by atoms with Crippen LogP contribution < -0.4 is 15.4 Å². The van der Waals surface area contributed by atoms with E-state index in [1.807, 2.05) is 38.1 Å². The molecule has 7 nitrogen and oxygen atoms in total. The largest absolute Gasteiger partial charge is 0.357 e. The Kier molecular flexibility index (Phi) is 8.02. The van der Waals surface area contributed by atoms with Gasteiger partial charge in [0.15, 0.2) is 5.96 Å². The van der Waals surface area contributed by atoms with E-state index in [9.17, 15) is 8.42 Å². The maximum absolute atomic E-state index is 12.2. The zero-order valence-electron chi connectivity index (χ0n) is 15.3. The van der Waals surface area contributed by atoms with E-state index in [4.69, 9.17) is 11.6 Å². The number of hydrogen-bond acceptors (Lipinski definition) is 4. The number of pyridine rings is 1. The highest BCUT2D eigenvalue weighted by molar-refractivity contribution is 7.89. The summed E-state index contributed by atoms with van der Waals surface area (Å²) in [6, 6.07) is 10.7. The average molecular weight is 410 g/mol. The number of hydrogen-bond donors (Lipinski definition) is 3. The van der Waals surface area contributed by atoms with Gasteiger partial charge in [-0.25, -0.2) is 13.1 Å². The molecule has 1 aromatic heterocycles. The quantitative estimate of drug-likeness (QED) is 0.353. The van der Waals surface area contributed by atoms with Crippen LogP contribution in [0.3, 0.4) is 0 Å². The van der Waals surface area contributed by atoms with Crippen molar-refractivity contribution in [2.75, 3.05) is 19.6 Å². The van der Waals surface area contributed by atoms with Crippen molar-refractivity contribution in [3.05, 3.63) is 59.4 Å². The van der Waals surface area contributed by atoms with Crippen molar-refractivity contribution in [3.63, 3.8) is 0 Å². The molecular weight excluding hydrogens is 386 g/mol. The van der Waals surface area contributed by atoms with Gasteiger partial charge in [0.2, 0.25) is 10.0 Å². The summed E-state index contributed by atoms with van der Waals surface area (Å²) >= 11 is 5.92. The van der Waals surface area contributed by atoms with Crippen LogP contribution in [-0.4, -0.2) is 39.0 Å². The lowest BCUT2D eigenvalue weighted by molar-refractivity contribution is 0.581. The molecule has 146 valence electrons. The minimum absolute atomic E-state index is 0.0205. The molecule has 2 rings (SSSR count). The molecule has 1 unspecified atom stereocenters. The fraction of sp³-hybridized carbons (Fsp3) is 0.333. The van der Waals surface area contributed by atoms with Crippen LogP contribution in [0.4, 0.5) is 0 Å². The van der Waals surface area contributed by atoms with E-state index in [-0.39, 0.29) is 17.5 Å². The third-order valence-corrected chi connectivity index (χ3v) is 5.38. The van der Waals surface area contributed by atoms with Crippen molar-refractivity contribution in [1.82, 2.24) is 20.3 Å². The van der Waals surface area contributed by atoms with Gasteiger partial charge in [0.05, 0.1) is 12.6 Å². The second kappa shape index (κ2) is 10.2. The number of nitrogens with zero attached hydrogens (tertiary/aromatic N) is 2. The van der Waals surface area contributed by atoms with Crippen LogP contribution in [0.25, 0.3) is 0 Å². The molecule has 2 aromatic rings. The maximum Gasteiger partial charge on any atom is 0.242 e. The van der Waals surface area contributed by atoms with Crippen molar-refractivity contribution in [2.24, 2.45) is 4.99 Å². The molecule has 0 amide bonds. The van der Waals surface area contributed by atoms with E-state index in [0.717, 1.165) is 5.56 Å². The van der Waals surface area contributed by atoms with Crippen LogP contribution in [0.5, 0.6) is 0 Å². The lowest BCUT2D eigenvalue weighted by Gasteiger charge is -2.18. The molecule has 1 atom stereocenters. The molecule has 0 aliphatic heterocycles. The Hall–Kier alpha value is -2.16. The average Bonchev–Trinajstić information content (AvgIpc) is 2.66. The van der Waals surface area contributed by atoms with Crippen LogP contribution in [0.1, 0.15) is 25.5 Å². The molecule has 1 heterocycles. The van der Waals surface area contributed by atoms with E-state index in [1.165, 1.54) is 18.5 Å². The SMILES string of the molecule is CCNC(=NCCNS(=O)(=O)c1cccnc1)NC(C)c1ccc(Cl)cc1. The molecule has 3 N–H and O–H groups in total. The number of benzene rings is 1. The Balaban J connectivity index is 1.92. The van der Waals surface area contributed by atoms with Crippen LogP contribution in [0, 0.1) is 0 Å². The van der Waals surface area contributed by atoms with Gasteiger partial charge in [-0.15, -0.1) is 0 Å². The van der Waals surface area contributed by atoms with Crippen molar-refractivity contribution < 1.29 is 8.42 Å². The van der Waals surface area contributed by atoms with Gasteiger partial charge in [0, 0.05) is 30.5 Å². The van der Waals surface area contributed by atoms with Crippen molar-refractivity contribution >= 4 is 27.6 Å². The summed E-state index contributed by atoms with van der Waals surface area (Å²) in [5, 5.41) is 7.13. The normalized spacial score (nSPS) is 13.2. The molecule has 0 bridgehead atoms. The molecule has 9 heteroatoms. The summed E-state index contributed by atoms with van der Waals surface area (Å²) in [6.07, 6.45) is 2.84. The fourth-order valence-electron chi connectivity index (χ4n) is 2.30. The smallest absolute Gasteiger partial charge is 0.242 e. The number of aliphatic imine (C=N–C) groups is 1. The fourth-order valence-corrected chi connectivity index (χ4v) is 3.41. The first kappa shape index (κ1) is 21.1. The third-order valence-electron chi connectivity index (χ3n) is 3.69. The zero-order valence-corrected chi connectivity index (χ0v) is 16.9. The molecule has 0 radical (unpaired) electrons. The highest BCUT2D eigenvalue weighted by Gasteiger charge is 2.13. The maximum atomic E-state index is 12.2. The highest BCUT2D eigenvalue weighted by Crippen LogP contribution is 2.15. The van der Waals surface area contributed by atoms with Crippen molar-refractivity contribution in [1.29, 1.82) is 0 Å². The number of halogens is 1. The molecular formula is C18H24ClN5O2S. The second-order valence-corrected chi connectivity index (χ2v) is 7.97. The molecule has 0 aliphatic rings. The van der Waals surface area contributed by atoms with Gasteiger partial charge in [0.25, 0.3) is 0 Å². The van der Waals surface area contributed by atoms with Gasteiger partial charge in [-0.1, -0.05) is 23.7 Å². The van der Waals surface area contributed by atoms with E-state index in [2.05, 4.69) is 25.3 Å². The number of aromatic nitrogens is 1. The molecule has 0 fully saturated rings. The van der Waals surface area contributed by atoms with Crippen LogP contribution in [0.15, 0.2) is 58.7 Å². The lowest BCUT2D eigenvalue weighted by Crippen LogP contribution is -2.39. The first-order valence-corrected chi connectivity index (χ1v) is 10.5. The molecule has 0 aliphatic carbocycles. The van der Waals surface area contributed by atoms with Crippen molar-refractivity contribution in [3.8, 4) is 0 Å². The van der Waals surface area contributed by atoms with E-state index < -0.39 is 10.0 Å². The summed E-state index contributed by atoms with van der Waals surface area (Å²) in [6.45, 7) is 5.16. The summed E-state index contributed by atoms with van der Waals surface area (Å²) < 4.78 is 26.8. The number of rotatable bonds is 8. The summed E-state index contributed by atoms with van der Waals surface area (Å²) in [7, 11) is -3.58. The Bertz CT molecular complexity index is 842. The van der Waals surface area contributed by atoms with Crippen molar-refractivity contribution in [2.45, 2.75) is 24.8 Å². The topological polar surface area (TPSA) is 95.5 Å². The summed E-state index contributed by atoms with van der Waals surface area (Å²) in [5.41, 5.74) is 1.07. The number of sulfonamides is 1. The Morgan fingerprint density at radius 3 is 2.63 bits per heavy atom. The van der Waals surface area contributed by atoms with Gasteiger partial charge < -0.3 is 10.6 Å². The van der Waals surface area contributed by atoms with Gasteiger partial charge in [-0.05, 0) is 43.7 Å². The molecule has 0 saturated heterocycles. The number of nitrogens with one attached hydrogen (secondary N) is 3. The number of guanidine groups is 1. The van der Waals surface area contributed by atoms with Gasteiger partial charge in [-0.2, -0.15) is 0 Å². The van der Waals surface area contributed by atoms with Crippen LogP contribution in [-0.2, 0) is 10.0 Å². The standard InChI is InChI=1S/C18H24ClN5O2S/c1-3-21-18(24-14(2)15-6-8-16(19)9-7-15)22-11-12-23-27(25,26)17-5-4-10-20-13-17/h4-10,13-14,23H,3,11-12H2,1-2H3,(H2,21,22,24). The first-order valence-electron chi connectivity index (χ1n) is 8.62.